The zero-order valence-electron chi connectivity index (χ0n) is 8.79. The van der Waals surface area contributed by atoms with Crippen LogP contribution in [0.4, 0.5) is 0 Å². The second-order valence-electron chi connectivity index (χ2n) is 3.89. The molecule has 0 heterocycles. The number of hydrazine groups is 1. The third-order valence-corrected chi connectivity index (χ3v) is 2.81. The molecule has 0 aromatic rings. The molecule has 0 saturated heterocycles. The lowest BCUT2D eigenvalue weighted by Gasteiger charge is -2.16. The van der Waals surface area contributed by atoms with Crippen LogP contribution in [0.2, 0.25) is 0 Å². The number of carbonyl (C=O) groups excluding carboxylic acids is 1. The lowest BCUT2D eigenvalue weighted by molar-refractivity contribution is -0.133. The summed E-state index contributed by atoms with van der Waals surface area (Å²) in [7, 11) is 0. The first-order valence-electron chi connectivity index (χ1n) is 5.40. The molecule has 0 aliphatic heterocycles. The monoisotopic (exact) mass is 200 g/mol. The fourth-order valence-corrected chi connectivity index (χ4v) is 1.90. The van der Waals surface area contributed by atoms with Gasteiger partial charge in [0.1, 0.15) is 6.10 Å². The van der Waals surface area contributed by atoms with E-state index in [0.717, 1.165) is 0 Å². The topological polar surface area (TPSA) is 64.3 Å². The van der Waals surface area contributed by atoms with E-state index in [0.29, 0.717) is 18.9 Å². The fourth-order valence-electron chi connectivity index (χ4n) is 1.90. The third-order valence-electron chi connectivity index (χ3n) is 2.81. The molecule has 0 spiro atoms. The number of hydrogen-bond acceptors (Lipinski definition) is 3. The Kier molecular flexibility index (Phi) is 4.90. The zero-order valence-corrected chi connectivity index (χ0v) is 8.79. The Bertz CT molecular complexity index is 179. The van der Waals surface area contributed by atoms with Gasteiger partial charge in [0.2, 0.25) is 0 Å². The smallest absolute Gasteiger partial charge is 0.262 e. The highest BCUT2D eigenvalue weighted by Gasteiger charge is 2.20. The van der Waals surface area contributed by atoms with Crippen LogP contribution in [0.15, 0.2) is 0 Å². The molecule has 1 rings (SSSR count). The highest BCUT2D eigenvalue weighted by molar-refractivity contribution is 5.79. The summed E-state index contributed by atoms with van der Waals surface area (Å²) < 4.78 is 5.54. The average Bonchev–Trinajstić information content (AvgIpc) is 2.71. The molecule has 0 radical (unpaired) electrons. The van der Waals surface area contributed by atoms with Crippen molar-refractivity contribution in [2.45, 2.75) is 45.1 Å². The van der Waals surface area contributed by atoms with Gasteiger partial charge in [-0.05, 0) is 25.2 Å². The van der Waals surface area contributed by atoms with Crippen LogP contribution in [0.25, 0.3) is 0 Å². The van der Waals surface area contributed by atoms with Crippen LogP contribution in [-0.2, 0) is 9.53 Å². The lowest BCUT2D eigenvalue weighted by Crippen LogP contribution is -2.40. The van der Waals surface area contributed by atoms with Crippen LogP contribution in [0.3, 0.4) is 0 Å². The van der Waals surface area contributed by atoms with E-state index < -0.39 is 0 Å². The Labute approximate surface area is 85.2 Å². The SMILES string of the molecule is CCC(OCC1CCCC1)C(=O)NN. The van der Waals surface area contributed by atoms with Crippen molar-refractivity contribution in [2.24, 2.45) is 11.8 Å². The van der Waals surface area contributed by atoms with Gasteiger partial charge in [-0.2, -0.15) is 0 Å². The van der Waals surface area contributed by atoms with Crippen LogP contribution in [0.5, 0.6) is 0 Å². The van der Waals surface area contributed by atoms with E-state index >= 15 is 0 Å². The first kappa shape index (κ1) is 11.5. The van der Waals surface area contributed by atoms with Crippen molar-refractivity contribution < 1.29 is 9.53 Å². The van der Waals surface area contributed by atoms with Crippen LogP contribution < -0.4 is 11.3 Å². The van der Waals surface area contributed by atoms with E-state index in [9.17, 15) is 4.79 Å². The number of rotatable bonds is 5. The maximum absolute atomic E-state index is 11.2. The maximum Gasteiger partial charge on any atom is 0.262 e. The van der Waals surface area contributed by atoms with Gasteiger partial charge in [0, 0.05) is 0 Å². The lowest BCUT2D eigenvalue weighted by atomic mass is 10.1. The predicted molar refractivity (Wildman–Crippen MR) is 54.3 cm³/mol. The van der Waals surface area contributed by atoms with Crippen LogP contribution >= 0.6 is 0 Å². The molecule has 14 heavy (non-hydrogen) atoms. The number of nitrogens with one attached hydrogen (secondary N) is 1. The van der Waals surface area contributed by atoms with Gasteiger partial charge in [0.05, 0.1) is 6.61 Å². The number of hydrogen-bond donors (Lipinski definition) is 2. The van der Waals surface area contributed by atoms with E-state index in [1.165, 1.54) is 25.7 Å². The van der Waals surface area contributed by atoms with Gasteiger partial charge < -0.3 is 4.74 Å². The molecular weight excluding hydrogens is 180 g/mol. The van der Waals surface area contributed by atoms with Gasteiger partial charge in [-0.15, -0.1) is 0 Å². The number of ether oxygens (including phenoxy) is 1. The van der Waals surface area contributed by atoms with Crippen LogP contribution in [-0.4, -0.2) is 18.6 Å². The molecule has 0 aromatic heterocycles. The maximum atomic E-state index is 11.2. The van der Waals surface area contributed by atoms with Crippen LogP contribution in [0, 0.1) is 5.92 Å². The van der Waals surface area contributed by atoms with Gasteiger partial charge in [0.25, 0.3) is 5.91 Å². The Morgan fingerprint density at radius 3 is 2.71 bits per heavy atom. The van der Waals surface area contributed by atoms with E-state index in [4.69, 9.17) is 10.6 Å². The largest absolute Gasteiger partial charge is 0.368 e. The molecule has 0 bridgehead atoms. The Balaban J connectivity index is 2.22. The molecule has 1 amide bonds. The Morgan fingerprint density at radius 2 is 2.21 bits per heavy atom. The number of nitrogens with two attached hydrogens (primary N) is 1. The molecular formula is C10H20N2O2. The molecule has 1 fully saturated rings. The summed E-state index contributed by atoms with van der Waals surface area (Å²) in [6, 6.07) is 0. The number of carbonyl (C=O) groups is 1. The second kappa shape index (κ2) is 5.98. The minimum Gasteiger partial charge on any atom is -0.368 e. The van der Waals surface area contributed by atoms with Gasteiger partial charge in [-0.1, -0.05) is 19.8 Å². The average molecular weight is 200 g/mol. The summed E-state index contributed by atoms with van der Waals surface area (Å²) in [6.07, 6.45) is 5.37. The molecule has 1 aliphatic carbocycles. The highest BCUT2D eigenvalue weighted by Crippen LogP contribution is 2.25. The van der Waals surface area contributed by atoms with Crippen molar-refractivity contribution in [3.8, 4) is 0 Å². The normalized spacial score (nSPS) is 19.6. The van der Waals surface area contributed by atoms with Crippen molar-refractivity contribution >= 4 is 5.91 Å². The quantitative estimate of drug-likeness (QED) is 0.395. The second-order valence-corrected chi connectivity index (χ2v) is 3.89. The fraction of sp³-hybridized carbons (Fsp3) is 0.900. The van der Waals surface area contributed by atoms with E-state index in [2.05, 4.69) is 5.43 Å². The standard InChI is InChI=1S/C10H20N2O2/c1-2-9(10(13)12-11)14-7-8-5-3-4-6-8/h8-9H,2-7,11H2,1H3,(H,12,13). The summed E-state index contributed by atoms with van der Waals surface area (Å²) >= 11 is 0. The van der Waals surface area contributed by atoms with Crippen molar-refractivity contribution in [1.82, 2.24) is 5.43 Å². The molecule has 0 aromatic carbocycles. The van der Waals surface area contributed by atoms with Crippen molar-refractivity contribution in [3.05, 3.63) is 0 Å². The summed E-state index contributed by atoms with van der Waals surface area (Å²) in [5.74, 6) is 5.48. The third kappa shape index (κ3) is 3.27. The molecule has 4 nitrogen and oxygen atoms in total. The van der Waals surface area contributed by atoms with Crippen molar-refractivity contribution in [2.75, 3.05) is 6.61 Å². The van der Waals surface area contributed by atoms with E-state index in [1.807, 2.05) is 6.92 Å². The highest BCUT2D eigenvalue weighted by atomic mass is 16.5. The molecule has 4 heteroatoms. The van der Waals surface area contributed by atoms with E-state index in [1.54, 1.807) is 0 Å². The van der Waals surface area contributed by atoms with Gasteiger partial charge in [0.15, 0.2) is 0 Å². The first-order chi connectivity index (χ1) is 6.77. The van der Waals surface area contributed by atoms with Gasteiger partial charge >= 0.3 is 0 Å². The number of amides is 1. The minimum absolute atomic E-state index is 0.217. The Morgan fingerprint density at radius 1 is 1.57 bits per heavy atom. The van der Waals surface area contributed by atoms with Crippen molar-refractivity contribution in [1.29, 1.82) is 0 Å². The summed E-state index contributed by atoms with van der Waals surface area (Å²) in [5, 5.41) is 0. The molecule has 1 saturated carbocycles. The van der Waals surface area contributed by atoms with Crippen LogP contribution in [0.1, 0.15) is 39.0 Å². The summed E-state index contributed by atoms with van der Waals surface area (Å²) in [4.78, 5) is 11.2. The summed E-state index contributed by atoms with van der Waals surface area (Å²) in [5.41, 5.74) is 2.13. The molecule has 82 valence electrons. The Hall–Kier alpha value is -0.610. The van der Waals surface area contributed by atoms with Crippen molar-refractivity contribution in [3.63, 3.8) is 0 Å². The molecule has 1 atom stereocenters. The predicted octanol–water partition coefficient (Wildman–Crippen LogP) is 0.962. The van der Waals surface area contributed by atoms with Gasteiger partial charge in [-0.25, -0.2) is 5.84 Å². The minimum atomic E-state index is -0.374. The molecule has 3 N–H and O–H groups in total. The molecule has 1 aliphatic rings. The molecule has 1 unspecified atom stereocenters. The summed E-state index contributed by atoms with van der Waals surface area (Å²) in [6.45, 7) is 2.63. The van der Waals surface area contributed by atoms with Gasteiger partial charge in [-0.3, -0.25) is 10.2 Å². The zero-order chi connectivity index (χ0) is 10.4. The first-order valence-corrected chi connectivity index (χ1v) is 5.40. The van der Waals surface area contributed by atoms with E-state index in [-0.39, 0.29) is 12.0 Å².